The van der Waals surface area contributed by atoms with Crippen LogP contribution in [0.15, 0.2) is 28.7 Å². The maximum Gasteiger partial charge on any atom is 0.134 e. The van der Waals surface area contributed by atoms with Crippen LogP contribution in [0.3, 0.4) is 0 Å². The Balaban J connectivity index is 2.66. The van der Waals surface area contributed by atoms with E-state index in [1.807, 2.05) is 18.2 Å². The van der Waals surface area contributed by atoms with Crippen LogP contribution in [0.25, 0.3) is 11.0 Å². The monoisotopic (exact) mass is 203 g/mol. The molecule has 0 saturated carbocycles. The molecule has 0 aliphatic carbocycles. The Bertz CT molecular complexity index is 459. The number of aryl methyl sites for hydroxylation is 1. The summed E-state index contributed by atoms with van der Waals surface area (Å²) in [6.07, 6.45) is 1.84. The molecule has 80 valence electrons. The third kappa shape index (κ3) is 1.65. The van der Waals surface area contributed by atoms with Crippen molar-refractivity contribution in [1.29, 1.82) is 0 Å². The standard InChI is InChI=1S/C13H17NO/c1-3-10(14)13-9-7-5-6-8-12(9)15-11(13)4-2/h5-8,10H,3-4,14H2,1-2H3/t10-/m1/s1. The van der Waals surface area contributed by atoms with Gasteiger partial charge in [-0.15, -0.1) is 0 Å². The summed E-state index contributed by atoms with van der Waals surface area (Å²) in [7, 11) is 0. The second-order valence-corrected chi connectivity index (χ2v) is 3.80. The predicted octanol–water partition coefficient (Wildman–Crippen LogP) is 3.41. The zero-order valence-electron chi connectivity index (χ0n) is 9.29. The lowest BCUT2D eigenvalue weighted by molar-refractivity contribution is 0.538. The molecular formula is C13H17NO. The topological polar surface area (TPSA) is 39.2 Å². The van der Waals surface area contributed by atoms with Crippen LogP contribution in [0.1, 0.15) is 37.6 Å². The summed E-state index contributed by atoms with van der Waals surface area (Å²) in [6, 6.07) is 8.20. The van der Waals surface area contributed by atoms with Gasteiger partial charge in [-0.2, -0.15) is 0 Å². The summed E-state index contributed by atoms with van der Waals surface area (Å²) in [4.78, 5) is 0. The third-order valence-electron chi connectivity index (χ3n) is 2.84. The fourth-order valence-electron chi connectivity index (χ4n) is 1.99. The zero-order chi connectivity index (χ0) is 10.8. The largest absolute Gasteiger partial charge is 0.461 e. The van der Waals surface area contributed by atoms with Crippen molar-refractivity contribution in [3.63, 3.8) is 0 Å². The predicted molar refractivity (Wildman–Crippen MR) is 62.8 cm³/mol. The van der Waals surface area contributed by atoms with Crippen molar-refractivity contribution in [2.24, 2.45) is 5.73 Å². The number of fused-ring (bicyclic) bond motifs is 1. The van der Waals surface area contributed by atoms with E-state index in [1.54, 1.807) is 0 Å². The third-order valence-corrected chi connectivity index (χ3v) is 2.84. The average Bonchev–Trinajstić information content (AvgIpc) is 2.66. The van der Waals surface area contributed by atoms with E-state index < -0.39 is 0 Å². The zero-order valence-corrected chi connectivity index (χ0v) is 9.29. The number of hydrogen-bond donors (Lipinski definition) is 1. The van der Waals surface area contributed by atoms with Gasteiger partial charge in [-0.1, -0.05) is 32.0 Å². The van der Waals surface area contributed by atoms with Crippen LogP contribution in [0.4, 0.5) is 0 Å². The molecule has 2 N–H and O–H groups in total. The van der Waals surface area contributed by atoms with Gasteiger partial charge in [-0.05, 0) is 12.5 Å². The van der Waals surface area contributed by atoms with Gasteiger partial charge in [0, 0.05) is 23.4 Å². The molecule has 2 aromatic rings. The summed E-state index contributed by atoms with van der Waals surface area (Å²) in [6.45, 7) is 4.20. The van der Waals surface area contributed by atoms with Gasteiger partial charge >= 0.3 is 0 Å². The molecule has 0 bridgehead atoms. The minimum Gasteiger partial charge on any atom is -0.461 e. The van der Waals surface area contributed by atoms with Crippen molar-refractivity contribution in [3.8, 4) is 0 Å². The van der Waals surface area contributed by atoms with Crippen LogP contribution < -0.4 is 5.73 Å². The average molecular weight is 203 g/mol. The molecule has 0 saturated heterocycles. The second kappa shape index (κ2) is 4.07. The second-order valence-electron chi connectivity index (χ2n) is 3.80. The summed E-state index contributed by atoms with van der Waals surface area (Å²) < 4.78 is 5.79. The van der Waals surface area contributed by atoms with Crippen molar-refractivity contribution in [2.75, 3.05) is 0 Å². The van der Waals surface area contributed by atoms with E-state index in [-0.39, 0.29) is 6.04 Å². The molecule has 15 heavy (non-hydrogen) atoms. The SMILES string of the molecule is CCc1oc2ccccc2c1[C@H](N)CC. The van der Waals surface area contributed by atoms with Gasteiger partial charge in [0.1, 0.15) is 11.3 Å². The first-order valence-corrected chi connectivity index (χ1v) is 5.53. The lowest BCUT2D eigenvalue weighted by Crippen LogP contribution is -2.09. The lowest BCUT2D eigenvalue weighted by Gasteiger charge is -2.08. The molecule has 0 fully saturated rings. The Kier molecular flexibility index (Phi) is 2.78. The molecule has 1 atom stereocenters. The minimum atomic E-state index is 0.0867. The summed E-state index contributed by atoms with van der Waals surface area (Å²) in [5.74, 6) is 1.03. The molecule has 0 spiro atoms. The van der Waals surface area contributed by atoms with Gasteiger partial charge < -0.3 is 10.2 Å². The molecule has 0 unspecified atom stereocenters. The molecule has 2 rings (SSSR count). The van der Waals surface area contributed by atoms with E-state index in [1.165, 1.54) is 10.9 Å². The van der Waals surface area contributed by atoms with E-state index in [9.17, 15) is 0 Å². The normalized spacial score (nSPS) is 13.3. The van der Waals surface area contributed by atoms with Crippen LogP contribution in [0, 0.1) is 0 Å². The van der Waals surface area contributed by atoms with Crippen molar-refractivity contribution < 1.29 is 4.42 Å². The molecule has 1 heterocycles. The summed E-state index contributed by atoms with van der Waals surface area (Å²) >= 11 is 0. The van der Waals surface area contributed by atoms with Crippen LogP contribution in [-0.2, 0) is 6.42 Å². The van der Waals surface area contributed by atoms with Gasteiger partial charge in [-0.25, -0.2) is 0 Å². The molecular weight excluding hydrogens is 186 g/mol. The molecule has 0 radical (unpaired) electrons. The fraction of sp³-hybridized carbons (Fsp3) is 0.385. The first kappa shape index (κ1) is 10.2. The van der Waals surface area contributed by atoms with E-state index in [4.69, 9.17) is 10.2 Å². The van der Waals surface area contributed by atoms with Gasteiger partial charge in [0.05, 0.1) is 0 Å². The smallest absolute Gasteiger partial charge is 0.134 e. The van der Waals surface area contributed by atoms with E-state index in [0.29, 0.717) is 0 Å². The molecule has 0 aliphatic rings. The summed E-state index contributed by atoms with van der Waals surface area (Å²) in [5, 5.41) is 1.17. The minimum absolute atomic E-state index is 0.0867. The molecule has 1 aromatic heterocycles. The van der Waals surface area contributed by atoms with Crippen molar-refractivity contribution >= 4 is 11.0 Å². The maximum atomic E-state index is 6.12. The van der Waals surface area contributed by atoms with Crippen LogP contribution >= 0.6 is 0 Å². The van der Waals surface area contributed by atoms with E-state index in [2.05, 4.69) is 19.9 Å². The van der Waals surface area contributed by atoms with E-state index in [0.717, 1.165) is 24.2 Å². The van der Waals surface area contributed by atoms with Gasteiger partial charge in [0.2, 0.25) is 0 Å². The highest BCUT2D eigenvalue weighted by Crippen LogP contribution is 2.31. The number of nitrogens with two attached hydrogens (primary N) is 1. The van der Waals surface area contributed by atoms with E-state index >= 15 is 0 Å². The molecule has 1 aromatic carbocycles. The Morgan fingerprint density at radius 2 is 2.00 bits per heavy atom. The Hall–Kier alpha value is -1.28. The summed E-state index contributed by atoms with van der Waals surface area (Å²) in [5.41, 5.74) is 8.26. The molecule has 2 nitrogen and oxygen atoms in total. The molecule has 2 heteroatoms. The van der Waals surface area contributed by atoms with Gasteiger partial charge in [0.15, 0.2) is 0 Å². The lowest BCUT2D eigenvalue weighted by atomic mass is 10.0. The van der Waals surface area contributed by atoms with Crippen molar-refractivity contribution in [1.82, 2.24) is 0 Å². The van der Waals surface area contributed by atoms with Crippen LogP contribution in [-0.4, -0.2) is 0 Å². The fourth-order valence-corrected chi connectivity index (χ4v) is 1.99. The Labute approximate surface area is 90.1 Å². The number of hydrogen-bond acceptors (Lipinski definition) is 2. The van der Waals surface area contributed by atoms with Crippen LogP contribution in [0.5, 0.6) is 0 Å². The van der Waals surface area contributed by atoms with Gasteiger partial charge in [0.25, 0.3) is 0 Å². The van der Waals surface area contributed by atoms with Gasteiger partial charge in [-0.3, -0.25) is 0 Å². The molecule has 0 amide bonds. The first-order valence-electron chi connectivity index (χ1n) is 5.53. The Morgan fingerprint density at radius 3 is 2.67 bits per heavy atom. The quantitative estimate of drug-likeness (QED) is 0.830. The Morgan fingerprint density at radius 1 is 1.27 bits per heavy atom. The number of furan rings is 1. The molecule has 0 aliphatic heterocycles. The highest BCUT2D eigenvalue weighted by atomic mass is 16.3. The number of benzene rings is 1. The number of para-hydroxylation sites is 1. The highest BCUT2D eigenvalue weighted by Gasteiger charge is 2.16. The first-order chi connectivity index (χ1) is 7.27. The van der Waals surface area contributed by atoms with Crippen molar-refractivity contribution in [3.05, 3.63) is 35.6 Å². The van der Waals surface area contributed by atoms with Crippen LogP contribution in [0.2, 0.25) is 0 Å². The van der Waals surface area contributed by atoms with Crippen molar-refractivity contribution in [2.45, 2.75) is 32.7 Å². The maximum absolute atomic E-state index is 6.12. The highest BCUT2D eigenvalue weighted by molar-refractivity contribution is 5.82. The number of rotatable bonds is 3.